The van der Waals surface area contributed by atoms with Crippen LogP contribution < -0.4 is 24.6 Å². The van der Waals surface area contributed by atoms with Crippen molar-refractivity contribution in [1.82, 2.24) is 14.9 Å². The fourth-order valence-corrected chi connectivity index (χ4v) is 7.11. The highest BCUT2D eigenvalue weighted by Gasteiger charge is 2.37. The lowest BCUT2D eigenvalue weighted by Crippen LogP contribution is -2.48. The molecule has 51 heavy (non-hydrogen) atoms. The van der Waals surface area contributed by atoms with Crippen LogP contribution in [0.5, 0.6) is 11.5 Å². The minimum absolute atomic E-state index is 0.112. The van der Waals surface area contributed by atoms with Gasteiger partial charge in [0, 0.05) is 81.9 Å². The zero-order valence-corrected chi connectivity index (χ0v) is 33.5. The third-order valence-electron chi connectivity index (χ3n) is 9.74. The number of methoxy groups -OCH3 is 2. The van der Waals surface area contributed by atoms with E-state index in [1.165, 1.54) is 31.5 Å². The van der Waals surface area contributed by atoms with E-state index in [0.717, 1.165) is 50.6 Å². The number of amides is 2. The number of ether oxygens (including phenoxy) is 2. The number of likely N-dealkylation sites (N-methyl/N-ethyl adjacent to an activating group) is 1. The van der Waals surface area contributed by atoms with Crippen molar-refractivity contribution >= 4 is 60.5 Å². The van der Waals surface area contributed by atoms with E-state index in [1.54, 1.807) is 19.2 Å². The number of benzene rings is 2. The summed E-state index contributed by atoms with van der Waals surface area (Å²) in [5.74, 6) is 0.490. The van der Waals surface area contributed by atoms with Crippen molar-refractivity contribution < 1.29 is 23.5 Å². The van der Waals surface area contributed by atoms with Gasteiger partial charge in [-0.25, -0.2) is 9.97 Å². The van der Waals surface area contributed by atoms with Crippen molar-refractivity contribution in [3.05, 3.63) is 76.2 Å². The molecule has 3 aromatic rings. The molecule has 2 heterocycles. The van der Waals surface area contributed by atoms with Gasteiger partial charge in [0.05, 0.1) is 36.4 Å². The first-order chi connectivity index (χ1) is 24.1. The smallest absolute Gasteiger partial charge is 0.247 e. The Morgan fingerprint density at radius 2 is 1.67 bits per heavy atom. The lowest BCUT2D eigenvalue weighted by Gasteiger charge is -2.39. The fourth-order valence-electron chi connectivity index (χ4n) is 5.44. The highest BCUT2D eigenvalue weighted by atomic mass is 35.5. The number of carbonyl (C=O) groups excluding carboxylic acids is 2. The SMILES string of the molecule is C=CC(=O)Nc1cc(N2CCN(CCO[Si](C)(C)C(C)(C)C)CC2)ccc1Cc1cc(N(C)C(=O)Cc2c(Cl)c(OC)cc(OC)c2Cl)ncn1. The van der Waals surface area contributed by atoms with E-state index in [0.29, 0.717) is 40.7 Å². The molecule has 0 radical (unpaired) electrons. The molecule has 1 aliphatic rings. The van der Waals surface area contributed by atoms with E-state index in [1.807, 2.05) is 12.1 Å². The van der Waals surface area contributed by atoms with E-state index in [-0.39, 0.29) is 33.3 Å². The number of hydrogen-bond donors (Lipinski definition) is 1. The summed E-state index contributed by atoms with van der Waals surface area (Å²) in [7, 11) is 2.81. The van der Waals surface area contributed by atoms with Crippen molar-refractivity contribution in [2.75, 3.05) is 75.7 Å². The summed E-state index contributed by atoms with van der Waals surface area (Å²) in [5.41, 5.74) is 3.60. The number of halogens is 2. The number of nitrogens with one attached hydrogen (secondary N) is 1. The molecular weight excluding hydrogens is 707 g/mol. The average Bonchev–Trinajstić information content (AvgIpc) is 3.10. The molecule has 0 aliphatic carbocycles. The maximum Gasteiger partial charge on any atom is 0.247 e. The van der Waals surface area contributed by atoms with E-state index in [4.69, 9.17) is 37.1 Å². The lowest BCUT2D eigenvalue weighted by atomic mass is 10.0. The van der Waals surface area contributed by atoms with Crippen molar-refractivity contribution in [3.63, 3.8) is 0 Å². The second kappa shape index (κ2) is 17.2. The van der Waals surface area contributed by atoms with Crippen LogP contribution in [0, 0.1) is 0 Å². The quantitative estimate of drug-likeness (QED) is 0.139. The Hall–Kier alpha value is -3.68. The van der Waals surface area contributed by atoms with Crippen LogP contribution >= 0.6 is 23.2 Å². The third kappa shape index (κ3) is 10.0. The van der Waals surface area contributed by atoms with Gasteiger partial charge < -0.3 is 24.1 Å². The second-order valence-corrected chi connectivity index (χ2v) is 19.6. The molecule has 11 nitrogen and oxygen atoms in total. The van der Waals surface area contributed by atoms with Crippen LogP contribution in [0.25, 0.3) is 0 Å². The molecule has 0 spiro atoms. The van der Waals surface area contributed by atoms with E-state index < -0.39 is 8.32 Å². The molecule has 1 fully saturated rings. The van der Waals surface area contributed by atoms with Gasteiger partial charge in [0.25, 0.3) is 0 Å². The molecule has 1 aliphatic heterocycles. The predicted octanol–water partition coefficient (Wildman–Crippen LogP) is 6.87. The van der Waals surface area contributed by atoms with Gasteiger partial charge in [-0.1, -0.05) is 56.6 Å². The van der Waals surface area contributed by atoms with Crippen molar-refractivity contribution in [1.29, 1.82) is 0 Å². The summed E-state index contributed by atoms with van der Waals surface area (Å²) in [4.78, 5) is 40.9. The number of nitrogens with zero attached hydrogens (tertiary/aromatic N) is 5. The van der Waals surface area contributed by atoms with Crippen LogP contribution in [0.3, 0.4) is 0 Å². The number of anilines is 3. The summed E-state index contributed by atoms with van der Waals surface area (Å²) in [5, 5.41) is 3.64. The highest BCUT2D eigenvalue weighted by molar-refractivity contribution is 6.74. The van der Waals surface area contributed by atoms with Gasteiger partial charge in [-0.3, -0.25) is 19.4 Å². The third-order valence-corrected chi connectivity index (χ3v) is 15.1. The molecule has 1 N–H and O–H groups in total. The minimum Gasteiger partial charge on any atom is -0.495 e. The highest BCUT2D eigenvalue weighted by Crippen LogP contribution is 2.41. The van der Waals surface area contributed by atoms with E-state index in [2.05, 4.69) is 71.6 Å². The Morgan fingerprint density at radius 3 is 2.25 bits per heavy atom. The Kier molecular flexibility index (Phi) is 13.5. The fraction of sp³-hybridized carbons (Fsp3) is 0.459. The Balaban J connectivity index is 1.45. The second-order valence-electron chi connectivity index (χ2n) is 14.0. The molecule has 2 aromatic carbocycles. The summed E-state index contributed by atoms with van der Waals surface area (Å²) >= 11 is 13.0. The summed E-state index contributed by atoms with van der Waals surface area (Å²) < 4.78 is 17.1. The summed E-state index contributed by atoms with van der Waals surface area (Å²) in [6.45, 7) is 20.2. The number of hydrogen-bond acceptors (Lipinski definition) is 9. The number of carbonyl (C=O) groups is 2. The van der Waals surface area contributed by atoms with Crippen LogP contribution in [-0.2, 0) is 26.9 Å². The van der Waals surface area contributed by atoms with Gasteiger partial charge in [-0.15, -0.1) is 0 Å². The molecule has 276 valence electrons. The van der Waals surface area contributed by atoms with Crippen LogP contribution in [0.1, 0.15) is 37.6 Å². The van der Waals surface area contributed by atoms with Gasteiger partial charge in [-0.05, 0) is 41.9 Å². The first-order valence-corrected chi connectivity index (χ1v) is 20.6. The van der Waals surface area contributed by atoms with Gasteiger partial charge in [-0.2, -0.15) is 0 Å². The van der Waals surface area contributed by atoms with Crippen molar-refractivity contribution in [2.45, 2.75) is 51.7 Å². The first-order valence-electron chi connectivity index (χ1n) is 16.9. The zero-order chi connectivity index (χ0) is 37.5. The van der Waals surface area contributed by atoms with E-state index in [9.17, 15) is 9.59 Å². The topological polar surface area (TPSA) is 109 Å². The van der Waals surface area contributed by atoms with Gasteiger partial charge in [0.15, 0.2) is 8.32 Å². The Morgan fingerprint density at radius 1 is 1.02 bits per heavy atom. The molecule has 14 heteroatoms. The number of piperazine rings is 1. The Bertz CT molecular complexity index is 1700. The monoisotopic (exact) mass is 756 g/mol. The minimum atomic E-state index is -1.77. The van der Waals surface area contributed by atoms with Gasteiger partial charge in [0.1, 0.15) is 23.6 Å². The Labute approximate surface area is 313 Å². The molecular formula is C37H50Cl2N6O5Si. The molecule has 1 aromatic heterocycles. The zero-order valence-electron chi connectivity index (χ0n) is 30.9. The standard InChI is InChI=1S/C37H50Cl2N6O5Si/c1-10-33(46)42-29-21-27(45-15-13-44(14-16-45)17-18-50-51(8,9)37(2,3)4)12-11-25(29)19-26-20-32(41-24-40-26)43(5)34(47)22-28-35(38)30(48-6)23-31(49-7)36(28)39/h10-12,20-21,23-24H,1,13-19,22H2,2-9H3,(H,42,46). The molecule has 0 atom stereocenters. The predicted molar refractivity (Wildman–Crippen MR) is 209 cm³/mol. The maximum atomic E-state index is 13.4. The van der Waals surface area contributed by atoms with Gasteiger partial charge in [0.2, 0.25) is 11.8 Å². The lowest BCUT2D eigenvalue weighted by molar-refractivity contribution is -0.117. The van der Waals surface area contributed by atoms with Crippen LogP contribution in [-0.4, -0.2) is 95.6 Å². The summed E-state index contributed by atoms with van der Waals surface area (Å²) in [6, 6.07) is 9.40. The normalized spacial score (nSPS) is 13.9. The van der Waals surface area contributed by atoms with Crippen molar-refractivity contribution in [2.24, 2.45) is 0 Å². The van der Waals surface area contributed by atoms with Crippen LogP contribution in [0.4, 0.5) is 17.2 Å². The van der Waals surface area contributed by atoms with Crippen molar-refractivity contribution in [3.8, 4) is 11.5 Å². The van der Waals surface area contributed by atoms with Crippen LogP contribution in [0.2, 0.25) is 28.2 Å². The maximum absolute atomic E-state index is 13.4. The van der Waals surface area contributed by atoms with Crippen LogP contribution in [0.15, 0.2) is 49.3 Å². The molecule has 2 amide bonds. The molecule has 0 bridgehead atoms. The number of rotatable bonds is 14. The average molecular weight is 758 g/mol. The number of aromatic nitrogens is 2. The molecule has 1 saturated heterocycles. The van der Waals surface area contributed by atoms with Gasteiger partial charge >= 0.3 is 0 Å². The first kappa shape index (κ1) is 40.1. The largest absolute Gasteiger partial charge is 0.495 e. The summed E-state index contributed by atoms with van der Waals surface area (Å²) in [6.07, 6.45) is 2.94. The van der Waals surface area contributed by atoms with E-state index >= 15 is 0 Å². The molecule has 0 saturated carbocycles. The molecule has 0 unspecified atom stereocenters. The molecule has 4 rings (SSSR count).